The molecule has 1 spiro atoms. The molecule has 3 aliphatic heterocycles. The molecule has 1 fully saturated rings. The average molecular weight is 562 g/mol. The molecule has 1 amide bonds. The van der Waals surface area contributed by atoms with E-state index in [1.165, 1.54) is 15.6 Å². The molecule has 37 heavy (non-hydrogen) atoms. The van der Waals surface area contributed by atoms with Gasteiger partial charge in [0.2, 0.25) is 5.91 Å². The number of rotatable bonds is 8. The van der Waals surface area contributed by atoms with Crippen molar-refractivity contribution in [2.75, 3.05) is 55.9 Å². The van der Waals surface area contributed by atoms with E-state index in [4.69, 9.17) is 4.99 Å². The molecule has 4 heterocycles. The van der Waals surface area contributed by atoms with Crippen molar-refractivity contribution in [1.29, 1.82) is 0 Å². The second kappa shape index (κ2) is 10.6. The first kappa shape index (κ1) is 26.5. The normalized spacial score (nSPS) is 20.9. The number of amides is 1. The van der Waals surface area contributed by atoms with Crippen LogP contribution in [0.25, 0.3) is 0 Å². The molecule has 1 saturated heterocycles. The van der Waals surface area contributed by atoms with E-state index in [9.17, 15) is 13.2 Å². The lowest BCUT2D eigenvalue weighted by Gasteiger charge is -2.38. The molecule has 1 atom stereocenters. The number of anilines is 2. The number of likely N-dealkylation sites (N-methyl/N-ethyl adjacent to an activating group) is 1. The summed E-state index contributed by atoms with van der Waals surface area (Å²) >= 11 is 3.12. The van der Waals surface area contributed by atoms with Gasteiger partial charge < -0.3 is 10.2 Å². The standard InChI is InChI=1S/C26H35N5O3S3/c1-4-31(5-2)22(32)17-30-13-11-26(12-14-30)18-27-25(36-26)20-16-19-8-6-9-21(24(19)28-20)29(3)37(33,34)23-10-7-15-35-23/h6-10,15,20,28H,4-5,11-14,16-18H2,1-3H3. The summed E-state index contributed by atoms with van der Waals surface area (Å²) in [6, 6.07) is 9.32. The molecule has 0 bridgehead atoms. The number of aliphatic imine (C=N–C) groups is 1. The maximum absolute atomic E-state index is 13.2. The van der Waals surface area contributed by atoms with Crippen LogP contribution in [0.2, 0.25) is 0 Å². The van der Waals surface area contributed by atoms with Crippen LogP contribution in [0.3, 0.4) is 0 Å². The molecule has 8 nitrogen and oxygen atoms in total. The van der Waals surface area contributed by atoms with Gasteiger partial charge in [0, 0.05) is 44.4 Å². The van der Waals surface area contributed by atoms with E-state index in [0.717, 1.165) is 68.3 Å². The number of likely N-dealkylation sites (tertiary alicyclic amines) is 1. The Morgan fingerprint density at radius 1 is 1.19 bits per heavy atom. The van der Waals surface area contributed by atoms with Gasteiger partial charge in [0.15, 0.2) is 0 Å². The fourth-order valence-corrected chi connectivity index (χ4v) is 9.13. The first-order valence-electron chi connectivity index (χ1n) is 12.9. The Morgan fingerprint density at radius 3 is 2.62 bits per heavy atom. The van der Waals surface area contributed by atoms with Gasteiger partial charge in [-0.05, 0) is 49.8 Å². The predicted molar refractivity (Wildman–Crippen MR) is 154 cm³/mol. The van der Waals surface area contributed by atoms with Crippen molar-refractivity contribution in [3.63, 3.8) is 0 Å². The Labute approximate surface area is 228 Å². The van der Waals surface area contributed by atoms with Gasteiger partial charge in [0.05, 0.1) is 35.5 Å². The molecule has 1 unspecified atom stereocenters. The Morgan fingerprint density at radius 2 is 1.95 bits per heavy atom. The third kappa shape index (κ3) is 5.15. The summed E-state index contributed by atoms with van der Waals surface area (Å²) in [6.07, 6.45) is 2.83. The topological polar surface area (TPSA) is 85.3 Å². The van der Waals surface area contributed by atoms with Crippen molar-refractivity contribution in [3.8, 4) is 0 Å². The molecule has 0 saturated carbocycles. The molecule has 3 aliphatic rings. The number of carbonyl (C=O) groups excluding carboxylic acids is 1. The molecule has 2 aromatic rings. The number of benzene rings is 1. The van der Waals surface area contributed by atoms with Gasteiger partial charge >= 0.3 is 0 Å². The molecule has 0 aliphatic carbocycles. The van der Waals surface area contributed by atoms with E-state index in [1.54, 1.807) is 24.6 Å². The van der Waals surface area contributed by atoms with Crippen molar-refractivity contribution in [3.05, 3.63) is 41.3 Å². The Hall–Kier alpha value is -2.08. The van der Waals surface area contributed by atoms with E-state index in [-0.39, 0.29) is 16.7 Å². The van der Waals surface area contributed by atoms with E-state index >= 15 is 0 Å². The lowest BCUT2D eigenvalue weighted by molar-refractivity contribution is -0.132. The number of piperidine rings is 1. The maximum Gasteiger partial charge on any atom is 0.273 e. The predicted octanol–water partition coefficient (Wildman–Crippen LogP) is 3.76. The zero-order valence-corrected chi connectivity index (χ0v) is 24.1. The number of para-hydroxylation sites is 1. The summed E-state index contributed by atoms with van der Waals surface area (Å²) in [6.45, 7) is 8.70. The number of fused-ring (bicyclic) bond motifs is 1. The van der Waals surface area contributed by atoms with Crippen LogP contribution in [0.15, 0.2) is 44.9 Å². The highest BCUT2D eigenvalue weighted by atomic mass is 32.2. The van der Waals surface area contributed by atoms with E-state index < -0.39 is 10.0 Å². The number of hydrogen-bond acceptors (Lipinski definition) is 8. The minimum Gasteiger partial charge on any atom is -0.374 e. The van der Waals surface area contributed by atoms with Crippen molar-refractivity contribution >= 4 is 55.4 Å². The monoisotopic (exact) mass is 561 g/mol. The Kier molecular flexibility index (Phi) is 7.59. The van der Waals surface area contributed by atoms with Crippen LogP contribution in [-0.2, 0) is 21.2 Å². The smallest absolute Gasteiger partial charge is 0.273 e. The van der Waals surface area contributed by atoms with Gasteiger partial charge in [-0.15, -0.1) is 23.1 Å². The van der Waals surface area contributed by atoms with Gasteiger partial charge in [-0.3, -0.25) is 19.0 Å². The highest BCUT2D eigenvalue weighted by molar-refractivity contribution is 8.15. The molecule has 1 aromatic carbocycles. The van der Waals surface area contributed by atoms with Gasteiger partial charge in [-0.25, -0.2) is 8.42 Å². The second-order valence-corrected chi connectivity index (χ2v) is 14.5. The number of thioether (sulfide) groups is 1. The summed E-state index contributed by atoms with van der Waals surface area (Å²) < 4.78 is 28.1. The molecule has 0 radical (unpaired) electrons. The SMILES string of the molecule is CCN(CC)C(=O)CN1CCC2(CC1)CN=C(C1Cc3cccc(N(C)S(=O)(=O)c4cccs4)c3N1)S2. The lowest BCUT2D eigenvalue weighted by Crippen LogP contribution is -2.47. The lowest BCUT2D eigenvalue weighted by atomic mass is 9.96. The van der Waals surface area contributed by atoms with Crippen LogP contribution in [-0.4, -0.2) is 86.3 Å². The number of sulfonamides is 1. The van der Waals surface area contributed by atoms with Gasteiger partial charge in [0.25, 0.3) is 10.0 Å². The van der Waals surface area contributed by atoms with Crippen LogP contribution in [0.4, 0.5) is 11.4 Å². The number of nitrogens with zero attached hydrogens (tertiary/aromatic N) is 4. The minimum absolute atomic E-state index is 0.0561. The van der Waals surface area contributed by atoms with Crippen LogP contribution in [0.1, 0.15) is 32.3 Å². The highest BCUT2D eigenvalue weighted by Crippen LogP contribution is 2.45. The summed E-state index contributed by atoms with van der Waals surface area (Å²) in [4.78, 5) is 21.7. The Balaban J connectivity index is 1.22. The van der Waals surface area contributed by atoms with Crippen molar-refractivity contribution in [2.45, 2.75) is 48.1 Å². The second-order valence-electron chi connectivity index (χ2n) is 9.90. The van der Waals surface area contributed by atoms with Crippen LogP contribution < -0.4 is 9.62 Å². The zero-order chi connectivity index (χ0) is 26.2. The molecular formula is C26H35N5O3S3. The van der Waals surface area contributed by atoms with Gasteiger partial charge in [-0.1, -0.05) is 18.2 Å². The van der Waals surface area contributed by atoms with Crippen LogP contribution in [0.5, 0.6) is 0 Å². The highest BCUT2D eigenvalue weighted by Gasteiger charge is 2.43. The molecular weight excluding hydrogens is 527 g/mol. The van der Waals surface area contributed by atoms with Crippen LogP contribution in [0, 0.1) is 0 Å². The number of hydrogen-bond donors (Lipinski definition) is 1. The van der Waals surface area contributed by atoms with Crippen molar-refractivity contribution < 1.29 is 13.2 Å². The van der Waals surface area contributed by atoms with Crippen LogP contribution >= 0.6 is 23.1 Å². The quantitative estimate of drug-likeness (QED) is 0.528. The maximum atomic E-state index is 13.2. The third-order valence-electron chi connectivity index (χ3n) is 7.70. The molecule has 11 heteroatoms. The molecule has 5 rings (SSSR count). The van der Waals surface area contributed by atoms with Crippen molar-refractivity contribution in [2.24, 2.45) is 4.99 Å². The van der Waals surface area contributed by atoms with E-state index in [2.05, 4.69) is 16.3 Å². The number of carbonyl (C=O) groups is 1. The zero-order valence-electron chi connectivity index (χ0n) is 21.6. The fraction of sp³-hybridized carbons (Fsp3) is 0.538. The van der Waals surface area contributed by atoms with Gasteiger partial charge in [-0.2, -0.15) is 0 Å². The summed E-state index contributed by atoms with van der Waals surface area (Å²) in [5.74, 6) is 0.215. The Bertz CT molecular complexity index is 1270. The summed E-state index contributed by atoms with van der Waals surface area (Å²) in [7, 11) is -1.99. The number of thiophene rings is 1. The summed E-state index contributed by atoms with van der Waals surface area (Å²) in [5, 5.41) is 6.50. The molecule has 200 valence electrons. The van der Waals surface area contributed by atoms with E-state index in [0.29, 0.717) is 16.4 Å². The van der Waals surface area contributed by atoms with Gasteiger partial charge in [0.1, 0.15) is 4.21 Å². The summed E-state index contributed by atoms with van der Waals surface area (Å²) in [5.41, 5.74) is 2.66. The molecule has 1 aromatic heterocycles. The first-order valence-corrected chi connectivity index (χ1v) is 16.0. The number of nitrogens with one attached hydrogen (secondary N) is 1. The fourth-order valence-electron chi connectivity index (χ4n) is 5.39. The van der Waals surface area contributed by atoms with E-state index in [1.807, 2.05) is 42.6 Å². The first-order chi connectivity index (χ1) is 17.8. The average Bonchev–Trinajstić information content (AvgIpc) is 3.66. The largest absolute Gasteiger partial charge is 0.374 e. The van der Waals surface area contributed by atoms with Crippen molar-refractivity contribution in [1.82, 2.24) is 9.80 Å². The molecule has 1 N–H and O–H groups in total. The minimum atomic E-state index is -3.61. The third-order valence-corrected chi connectivity index (χ3v) is 12.4.